The first-order valence-corrected chi connectivity index (χ1v) is 9.57. The molecule has 0 spiro atoms. The zero-order valence-corrected chi connectivity index (χ0v) is 15.5. The Hall–Kier alpha value is -3.25. The van der Waals surface area contributed by atoms with E-state index in [2.05, 4.69) is 32.7 Å². The summed E-state index contributed by atoms with van der Waals surface area (Å²) in [6.07, 6.45) is 9.86. The summed E-state index contributed by atoms with van der Waals surface area (Å²) in [5.41, 5.74) is 4.11. The van der Waals surface area contributed by atoms with Crippen LogP contribution in [0.2, 0.25) is 0 Å². The van der Waals surface area contributed by atoms with Crippen LogP contribution in [0.25, 0.3) is 28.6 Å². The van der Waals surface area contributed by atoms with Crippen LogP contribution in [0.15, 0.2) is 73.4 Å². The molecule has 1 unspecified atom stereocenters. The summed E-state index contributed by atoms with van der Waals surface area (Å²) >= 11 is 0. The molecule has 1 aromatic carbocycles. The summed E-state index contributed by atoms with van der Waals surface area (Å²) in [5, 5.41) is 0. The summed E-state index contributed by atoms with van der Waals surface area (Å²) in [6, 6.07) is 16.2. The van der Waals surface area contributed by atoms with Crippen LogP contribution in [-0.4, -0.2) is 36.8 Å². The predicted octanol–water partition coefficient (Wildman–Crippen LogP) is 3.98. The minimum atomic E-state index is 0.230. The van der Waals surface area contributed by atoms with E-state index in [4.69, 9.17) is 9.72 Å². The molecule has 140 valence electrons. The van der Waals surface area contributed by atoms with Crippen molar-refractivity contribution in [2.75, 3.05) is 6.61 Å². The van der Waals surface area contributed by atoms with Crippen LogP contribution in [-0.2, 0) is 11.3 Å². The van der Waals surface area contributed by atoms with Crippen LogP contribution < -0.4 is 0 Å². The molecule has 1 aliphatic heterocycles. The monoisotopic (exact) mass is 371 g/mol. The van der Waals surface area contributed by atoms with E-state index in [0.717, 1.165) is 48.6 Å². The second-order valence-corrected chi connectivity index (χ2v) is 6.91. The summed E-state index contributed by atoms with van der Waals surface area (Å²) in [5.74, 6) is 0.645. The quantitative estimate of drug-likeness (QED) is 0.532. The standard InChI is InChI=1S/C22H21N5O/c1-2-7-17(8-3-1)20-21(26(16-25-20)15-18-9-5-14-28-18)19-10-4-13-27(19)22-23-11-6-12-24-22/h1-4,6-8,10-13,16,18H,5,9,14-15H2. The Bertz CT molecular complexity index is 1050. The van der Waals surface area contributed by atoms with Crippen molar-refractivity contribution in [3.63, 3.8) is 0 Å². The molecule has 5 rings (SSSR count). The van der Waals surface area contributed by atoms with Crippen LogP contribution in [0.3, 0.4) is 0 Å². The Labute approximate surface area is 163 Å². The topological polar surface area (TPSA) is 57.8 Å². The van der Waals surface area contributed by atoms with E-state index in [9.17, 15) is 0 Å². The van der Waals surface area contributed by atoms with E-state index in [-0.39, 0.29) is 6.10 Å². The number of benzene rings is 1. The summed E-state index contributed by atoms with van der Waals surface area (Å²) in [4.78, 5) is 13.6. The van der Waals surface area contributed by atoms with Crippen molar-refractivity contribution in [2.45, 2.75) is 25.5 Å². The second-order valence-electron chi connectivity index (χ2n) is 6.91. The summed E-state index contributed by atoms with van der Waals surface area (Å²) in [7, 11) is 0. The van der Waals surface area contributed by atoms with Crippen LogP contribution in [0.1, 0.15) is 12.8 Å². The van der Waals surface area contributed by atoms with Gasteiger partial charge in [-0.05, 0) is 31.0 Å². The number of aromatic nitrogens is 5. The Kier molecular flexibility index (Phi) is 4.47. The van der Waals surface area contributed by atoms with Gasteiger partial charge < -0.3 is 9.30 Å². The first kappa shape index (κ1) is 16.9. The smallest absolute Gasteiger partial charge is 0.234 e. The molecule has 3 aromatic heterocycles. The average molecular weight is 371 g/mol. The van der Waals surface area contributed by atoms with Gasteiger partial charge in [-0.1, -0.05) is 30.3 Å². The SMILES string of the molecule is c1ccc(-c2ncn(CC3CCCO3)c2-c2cccn2-c2ncccn2)cc1. The predicted molar refractivity (Wildman–Crippen MR) is 107 cm³/mol. The highest BCUT2D eigenvalue weighted by Gasteiger charge is 2.23. The normalized spacial score (nSPS) is 16.5. The molecular formula is C22H21N5O. The lowest BCUT2D eigenvalue weighted by atomic mass is 10.1. The van der Waals surface area contributed by atoms with Gasteiger partial charge in [-0.3, -0.25) is 4.57 Å². The van der Waals surface area contributed by atoms with Crippen molar-refractivity contribution in [3.05, 3.63) is 73.4 Å². The highest BCUT2D eigenvalue weighted by atomic mass is 16.5. The van der Waals surface area contributed by atoms with Gasteiger partial charge >= 0.3 is 0 Å². The third-order valence-corrected chi connectivity index (χ3v) is 5.07. The van der Waals surface area contributed by atoms with Gasteiger partial charge in [0, 0.05) is 30.8 Å². The third kappa shape index (κ3) is 3.12. The van der Waals surface area contributed by atoms with Crippen LogP contribution in [0.5, 0.6) is 0 Å². The van der Waals surface area contributed by atoms with E-state index in [0.29, 0.717) is 5.95 Å². The number of nitrogens with zero attached hydrogens (tertiary/aromatic N) is 5. The summed E-state index contributed by atoms with van der Waals surface area (Å²) in [6.45, 7) is 1.63. The maximum absolute atomic E-state index is 5.88. The minimum absolute atomic E-state index is 0.230. The molecule has 0 N–H and O–H groups in total. The molecule has 28 heavy (non-hydrogen) atoms. The molecule has 1 fully saturated rings. The Morgan fingerprint density at radius 3 is 2.61 bits per heavy atom. The minimum Gasteiger partial charge on any atom is -0.376 e. The van der Waals surface area contributed by atoms with Gasteiger partial charge in [0.1, 0.15) is 0 Å². The zero-order valence-electron chi connectivity index (χ0n) is 15.5. The molecule has 1 aliphatic rings. The van der Waals surface area contributed by atoms with Gasteiger partial charge in [0.25, 0.3) is 0 Å². The molecule has 4 heterocycles. The van der Waals surface area contributed by atoms with Crippen LogP contribution >= 0.6 is 0 Å². The second kappa shape index (κ2) is 7.40. The molecule has 0 amide bonds. The van der Waals surface area contributed by atoms with E-state index < -0.39 is 0 Å². The fourth-order valence-corrected chi connectivity index (χ4v) is 3.77. The first-order valence-electron chi connectivity index (χ1n) is 9.57. The number of rotatable bonds is 5. The highest BCUT2D eigenvalue weighted by Crippen LogP contribution is 2.33. The van der Waals surface area contributed by atoms with Crippen molar-refractivity contribution in [3.8, 4) is 28.6 Å². The van der Waals surface area contributed by atoms with Gasteiger partial charge in [0.2, 0.25) is 5.95 Å². The molecule has 1 saturated heterocycles. The molecule has 0 radical (unpaired) electrons. The molecule has 6 nitrogen and oxygen atoms in total. The van der Waals surface area contributed by atoms with Gasteiger partial charge in [-0.15, -0.1) is 0 Å². The lowest BCUT2D eigenvalue weighted by Crippen LogP contribution is -2.16. The molecule has 0 aliphatic carbocycles. The average Bonchev–Trinajstić information content (AvgIpc) is 3.50. The van der Waals surface area contributed by atoms with E-state index in [1.165, 1.54) is 0 Å². The Morgan fingerprint density at radius 2 is 1.82 bits per heavy atom. The van der Waals surface area contributed by atoms with Crippen LogP contribution in [0, 0.1) is 0 Å². The first-order chi connectivity index (χ1) is 13.9. The number of hydrogen-bond acceptors (Lipinski definition) is 4. The molecule has 0 bridgehead atoms. The van der Waals surface area contributed by atoms with Gasteiger partial charge in [-0.25, -0.2) is 15.0 Å². The largest absolute Gasteiger partial charge is 0.376 e. The summed E-state index contributed by atoms with van der Waals surface area (Å²) < 4.78 is 10.1. The molecule has 1 atom stereocenters. The fraction of sp³-hybridized carbons (Fsp3) is 0.227. The van der Waals surface area contributed by atoms with E-state index in [1.807, 2.05) is 47.4 Å². The van der Waals surface area contributed by atoms with Gasteiger partial charge in [0.15, 0.2) is 0 Å². The molecular weight excluding hydrogens is 350 g/mol. The maximum atomic E-state index is 5.88. The van der Waals surface area contributed by atoms with Crippen molar-refractivity contribution >= 4 is 0 Å². The lowest BCUT2D eigenvalue weighted by molar-refractivity contribution is 0.0973. The number of hydrogen-bond donors (Lipinski definition) is 0. The van der Waals surface area contributed by atoms with Crippen molar-refractivity contribution in [1.29, 1.82) is 0 Å². The van der Waals surface area contributed by atoms with E-state index in [1.54, 1.807) is 12.4 Å². The van der Waals surface area contributed by atoms with E-state index >= 15 is 0 Å². The zero-order chi connectivity index (χ0) is 18.8. The van der Waals surface area contributed by atoms with Crippen molar-refractivity contribution in [2.24, 2.45) is 0 Å². The lowest BCUT2D eigenvalue weighted by Gasteiger charge is -2.16. The van der Waals surface area contributed by atoms with Crippen molar-refractivity contribution < 1.29 is 4.74 Å². The molecule has 6 heteroatoms. The highest BCUT2D eigenvalue weighted by molar-refractivity contribution is 5.77. The Balaban J connectivity index is 1.65. The maximum Gasteiger partial charge on any atom is 0.234 e. The van der Waals surface area contributed by atoms with Crippen molar-refractivity contribution in [1.82, 2.24) is 24.1 Å². The number of imidazole rings is 1. The molecule has 0 saturated carbocycles. The molecule has 4 aromatic rings. The van der Waals surface area contributed by atoms with Gasteiger partial charge in [-0.2, -0.15) is 0 Å². The fourth-order valence-electron chi connectivity index (χ4n) is 3.77. The number of ether oxygens (including phenoxy) is 1. The third-order valence-electron chi connectivity index (χ3n) is 5.07. The van der Waals surface area contributed by atoms with Crippen LogP contribution in [0.4, 0.5) is 0 Å². The Morgan fingerprint density at radius 1 is 0.964 bits per heavy atom. The van der Waals surface area contributed by atoms with Gasteiger partial charge in [0.05, 0.1) is 36.1 Å².